The predicted octanol–water partition coefficient (Wildman–Crippen LogP) is 2.97. The van der Waals surface area contributed by atoms with E-state index in [0.717, 1.165) is 30.6 Å². The van der Waals surface area contributed by atoms with Crippen molar-refractivity contribution in [2.75, 3.05) is 19.6 Å². The zero-order valence-electron chi connectivity index (χ0n) is 13.9. The van der Waals surface area contributed by atoms with Crippen LogP contribution in [0.4, 0.5) is 13.2 Å². The third kappa shape index (κ3) is 3.86. The molecule has 2 saturated heterocycles. The molecule has 0 aromatic heterocycles. The Morgan fingerprint density at radius 1 is 1.08 bits per heavy atom. The van der Waals surface area contributed by atoms with Crippen LogP contribution in [-0.2, 0) is 9.59 Å². The third-order valence-electron chi connectivity index (χ3n) is 5.71. The second-order valence-electron chi connectivity index (χ2n) is 7.43. The number of rotatable bonds is 3. The molecule has 1 aliphatic carbocycles. The van der Waals surface area contributed by atoms with Crippen molar-refractivity contribution in [1.82, 2.24) is 9.80 Å². The monoisotopic (exact) mass is 346 g/mol. The van der Waals surface area contributed by atoms with E-state index in [1.54, 1.807) is 0 Å². The first-order valence-electron chi connectivity index (χ1n) is 9.00. The highest BCUT2D eigenvalue weighted by Crippen LogP contribution is 2.36. The molecule has 0 N–H and O–H groups in total. The van der Waals surface area contributed by atoms with Crippen LogP contribution in [0.15, 0.2) is 0 Å². The zero-order valence-corrected chi connectivity index (χ0v) is 13.9. The predicted molar refractivity (Wildman–Crippen MR) is 82.1 cm³/mol. The molecule has 1 saturated carbocycles. The van der Waals surface area contributed by atoms with Crippen molar-refractivity contribution in [2.45, 2.75) is 63.6 Å². The van der Waals surface area contributed by atoms with Crippen molar-refractivity contribution in [2.24, 2.45) is 11.8 Å². The van der Waals surface area contributed by atoms with Crippen LogP contribution in [-0.4, -0.2) is 53.5 Å². The number of nitrogens with zero attached hydrogens (tertiary/aromatic N) is 2. The minimum absolute atomic E-state index is 0.0806. The smallest absolute Gasteiger partial charge is 0.339 e. The van der Waals surface area contributed by atoms with Crippen LogP contribution in [0.1, 0.15) is 51.4 Å². The summed E-state index contributed by atoms with van der Waals surface area (Å²) in [6, 6.07) is 0.226. The summed E-state index contributed by atoms with van der Waals surface area (Å²) < 4.78 is 37.6. The van der Waals surface area contributed by atoms with Crippen molar-refractivity contribution in [3.8, 4) is 0 Å². The van der Waals surface area contributed by atoms with Gasteiger partial charge in [0.05, 0.1) is 5.92 Å². The van der Waals surface area contributed by atoms with Crippen LogP contribution >= 0.6 is 0 Å². The van der Waals surface area contributed by atoms with Crippen molar-refractivity contribution in [3.05, 3.63) is 0 Å². The van der Waals surface area contributed by atoms with Crippen LogP contribution < -0.4 is 0 Å². The average molecular weight is 346 g/mol. The molecule has 0 aromatic carbocycles. The molecular formula is C17H25F3N2O2. The van der Waals surface area contributed by atoms with Gasteiger partial charge in [-0.3, -0.25) is 9.59 Å². The molecule has 136 valence electrons. The van der Waals surface area contributed by atoms with Crippen molar-refractivity contribution in [3.63, 3.8) is 0 Å². The molecule has 3 aliphatic rings. The van der Waals surface area contributed by atoms with E-state index in [4.69, 9.17) is 0 Å². The molecule has 0 spiro atoms. The van der Waals surface area contributed by atoms with Gasteiger partial charge in [0.2, 0.25) is 11.8 Å². The van der Waals surface area contributed by atoms with Crippen LogP contribution in [0, 0.1) is 11.8 Å². The highest BCUT2D eigenvalue weighted by molar-refractivity contribution is 5.89. The fourth-order valence-corrected chi connectivity index (χ4v) is 4.62. The minimum Gasteiger partial charge on any atom is -0.339 e. The Bertz CT molecular complexity index is 489. The molecule has 3 rings (SSSR count). The fraction of sp³-hybridized carbons (Fsp3) is 0.882. The Morgan fingerprint density at radius 2 is 1.79 bits per heavy atom. The SMILES string of the molecule is O=C1C[C@H](C(=O)N2CCC[C@H]2C2CCCCC2)CN1CC(F)(F)F. The number of carbonyl (C=O) groups excluding carboxylic acids is 2. The largest absolute Gasteiger partial charge is 0.406 e. The quantitative estimate of drug-likeness (QED) is 0.788. The van der Waals surface area contributed by atoms with Crippen molar-refractivity contribution >= 4 is 11.8 Å². The van der Waals surface area contributed by atoms with E-state index in [2.05, 4.69) is 0 Å². The second-order valence-corrected chi connectivity index (χ2v) is 7.43. The molecule has 2 atom stereocenters. The number of carbonyl (C=O) groups is 2. The lowest BCUT2D eigenvalue weighted by molar-refractivity contribution is -0.157. The number of halogens is 3. The van der Waals surface area contributed by atoms with E-state index >= 15 is 0 Å². The highest BCUT2D eigenvalue weighted by Gasteiger charge is 2.44. The van der Waals surface area contributed by atoms with Gasteiger partial charge < -0.3 is 9.80 Å². The van der Waals surface area contributed by atoms with E-state index in [0.29, 0.717) is 12.5 Å². The third-order valence-corrected chi connectivity index (χ3v) is 5.71. The lowest BCUT2D eigenvalue weighted by Gasteiger charge is -2.35. The summed E-state index contributed by atoms with van der Waals surface area (Å²) in [6.45, 7) is -0.656. The Kier molecular flexibility index (Phi) is 5.06. The molecule has 4 nitrogen and oxygen atoms in total. The fourth-order valence-electron chi connectivity index (χ4n) is 4.62. The Morgan fingerprint density at radius 3 is 2.46 bits per heavy atom. The average Bonchev–Trinajstić information content (AvgIpc) is 3.14. The lowest BCUT2D eigenvalue weighted by Crippen LogP contribution is -2.44. The topological polar surface area (TPSA) is 40.6 Å². The van der Waals surface area contributed by atoms with Crippen LogP contribution in [0.2, 0.25) is 0 Å². The molecular weight excluding hydrogens is 321 g/mol. The second kappa shape index (κ2) is 6.92. The van der Waals surface area contributed by atoms with Gasteiger partial charge in [-0.25, -0.2) is 0 Å². The molecule has 7 heteroatoms. The van der Waals surface area contributed by atoms with Gasteiger partial charge >= 0.3 is 6.18 Å². The van der Waals surface area contributed by atoms with E-state index in [-0.39, 0.29) is 24.9 Å². The summed E-state index contributed by atoms with van der Waals surface area (Å²) in [5.74, 6) is -0.752. The van der Waals surface area contributed by atoms with Gasteiger partial charge in [-0.1, -0.05) is 19.3 Å². The number of alkyl halides is 3. The number of likely N-dealkylation sites (tertiary alicyclic amines) is 2. The molecule has 0 bridgehead atoms. The Balaban J connectivity index is 1.62. The van der Waals surface area contributed by atoms with E-state index in [1.807, 2.05) is 4.90 Å². The molecule has 0 unspecified atom stereocenters. The first-order valence-corrected chi connectivity index (χ1v) is 9.00. The molecule has 2 amide bonds. The van der Waals surface area contributed by atoms with Gasteiger partial charge in [-0.2, -0.15) is 13.2 Å². The maximum atomic E-state index is 12.8. The van der Waals surface area contributed by atoms with E-state index < -0.39 is 24.5 Å². The minimum atomic E-state index is -4.41. The van der Waals surface area contributed by atoms with E-state index in [1.165, 1.54) is 19.3 Å². The first kappa shape index (κ1) is 17.5. The molecule has 2 aliphatic heterocycles. The molecule has 24 heavy (non-hydrogen) atoms. The summed E-state index contributed by atoms with van der Waals surface area (Å²) in [6.07, 6.45) is 3.38. The summed E-state index contributed by atoms with van der Waals surface area (Å²) in [4.78, 5) is 27.3. The molecule has 2 heterocycles. The summed E-state index contributed by atoms with van der Waals surface area (Å²) in [5, 5.41) is 0. The maximum Gasteiger partial charge on any atom is 0.406 e. The summed E-state index contributed by atoms with van der Waals surface area (Å²) >= 11 is 0. The molecule has 3 fully saturated rings. The van der Waals surface area contributed by atoms with E-state index in [9.17, 15) is 22.8 Å². The standard InChI is InChI=1S/C17H25F3N2O2/c18-17(19,20)11-21-10-13(9-15(21)23)16(24)22-8-4-7-14(22)12-5-2-1-3-6-12/h12-14H,1-11H2/t13-,14-/m0/s1. The van der Waals surface area contributed by atoms with Gasteiger partial charge in [0.25, 0.3) is 0 Å². The zero-order chi connectivity index (χ0) is 17.3. The lowest BCUT2D eigenvalue weighted by atomic mass is 9.82. The van der Waals surface area contributed by atoms with Gasteiger partial charge in [0, 0.05) is 25.6 Å². The number of hydrogen-bond donors (Lipinski definition) is 0. The van der Waals surface area contributed by atoms with Crippen LogP contribution in [0.25, 0.3) is 0 Å². The highest BCUT2D eigenvalue weighted by atomic mass is 19.4. The van der Waals surface area contributed by atoms with Crippen LogP contribution in [0.3, 0.4) is 0 Å². The number of hydrogen-bond acceptors (Lipinski definition) is 2. The maximum absolute atomic E-state index is 12.8. The normalized spacial score (nSPS) is 29.5. The Hall–Kier alpha value is -1.27. The summed E-state index contributed by atoms with van der Waals surface area (Å²) in [7, 11) is 0. The van der Waals surface area contributed by atoms with Gasteiger partial charge in [-0.15, -0.1) is 0 Å². The Labute approximate surface area is 140 Å². The van der Waals surface area contributed by atoms with Gasteiger partial charge in [0.15, 0.2) is 0 Å². The van der Waals surface area contributed by atoms with Gasteiger partial charge in [-0.05, 0) is 31.6 Å². The van der Waals surface area contributed by atoms with Crippen molar-refractivity contribution in [1.29, 1.82) is 0 Å². The van der Waals surface area contributed by atoms with Gasteiger partial charge in [0.1, 0.15) is 6.54 Å². The van der Waals surface area contributed by atoms with Crippen molar-refractivity contribution < 1.29 is 22.8 Å². The first-order chi connectivity index (χ1) is 11.3. The molecule has 0 aromatic rings. The number of amides is 2. The van der Waals surface area contributed by atoms with Crippen LogP contribution in [0.5, 0.6) is 0 Å². The molecule has 0 radical (unpaired) electrons. The summed E-state index contributed by atoms with van der Waals surface area (Å²) in [5.41, 5.74) is 0.